The summed E-state index contributed by atoms with van der Waals surface area (Å²) in [5.74, 6) is -0.158. The van der Waals surface area contributed by atoms with Crippen LogP contribution in [0.4, 0.5) is 0 Å². The number of carbonyl (C=O) groups excluding carboxylic acids is 2. The van der Waals surface area contributed by atoms with Crippen molar-refractivity contribution >= 4 is 34.9 Å². The second-order valence-electron chi connectivity index (χ2n) is 5.76. The van der Waals surface area contributed by atoms with Crippen molar-refractivity contribution in [1.29, 1.82) is 0 Å². The fourth-order valence-corrected chi connectivity index (χ4v) is 3.23. The maximum atomic E-state index is 12.6. The number of hydrogen-bond donors (Lipinski definition) is 0. The zero-order valence-electron chi connectivity index (χ0n) is 12.9. The van der Waals surface area contributed by atoms with E-state index in [0.29, 0.717) is 25.9 Å². The molecule has 6 heteroatoms. The molecular formula is C18H16Cl2N2O2. The molecular weight excluding hydrogens is 347 g/mol. The number of hydrogen-bond acceptors (Lipinski definition) is 3. The highest BCUT2D eigenvalue weighted by atomic mass is 35.5. The fraction of sp³-hybridized carbons (Fsp3) is 0.278. The number of aromatic nitrogens is 1. The molecule has 124 valence electrons. The van der Waals surface area contributed by atoms with Crippen LogP contribution in [0.25, 0.3) is 0 Å². The van der Waals surface area contributed by atoms with Gasteiger partial charge in [-0.05, 0) is 25.0 Å². The van der Waals surface area contributed by atoms with E-state index < -0.39 is 0 Å². The minimum absolute atomic E-state index is 0.0563. The minimum atomic E-state index is -0.242. The quantitative estimate of drug-likeness (QED) is 0.609. The smallest absolute Gasteiger partial charge is 0.274 e. The first-order valence-electron chi connectivity index (χ1n) is 7.77. The van der Waals surface area contributed by atoms with Gasteiger partial charge in [0.25, 0.3) is 5.91 Å². The molecule has 1 fully saturated rings. The van der Waals surface area contributed by atoms with Crippen LogP contribution in [0.2, 0.25) is 10.2 Å². The normalized spacial score (nSPS) is 15.3. The van der Waals surface area contributed by atoms with Crippen molar-refractivity contribution in [3.63, 3.8) is 0 Å². The molecule has 1 aliphatic heterocycles. The first-order valence-corrected chi connectivity index (χ1v) is 8.52. The van der Waals surface area contributed by atoms with Crippen molar-refractivity contribution in [2.45, 2.75) is 12.8 Å². The molecule has 0 bridgehead atoms. The van der Waals surface area contributed by atoms with Crippen molar-refractivity contribution in [2.75, 3.05) is 13.1 Å². The molecule has 24 heavy (non-hydrogen) atoms. The Bertz CT molecular complexity index is 757. The van der Waals surface area contributed by atoms with Crippen LogP contribution in [0.3, 0.4) is 0 Å². The molecule has 1 aromatic carbocycles. The Morgan fingerprint density at radius 1 is 1.00 bits per heavy atom. The summed E-state index contributed by atoms with van der Waals surface area (Å²) in [5, 5.41) is 0.517. The first-order chi connectivity index (χ1) is 11.6. The number of halogens is 2. The number of pyridine rings is 1. The molecule has 0 aliphatic carbocycles. The maximum Gasteiger partial charge on any atom is 0.274 e. The van der Waals surface area contributed by atoms with Gasteiger partial charge in [0.15, 0.2) is 5.78 Å². The summed E-state index contributed by atoms with van der Waals surface area (Å²) < 4.78 is 0. The third-order valence-electron chi connectivity index (χ3n) is 4.23. The Kier molecular flexibility index (Phi) is 5.17. The summed E-state index contributed by atoms with van der Waals surface area (Å²) in [4.78, 5) is 30.8. The maximum absolute atomic E-state index is 12.6. The lowest BCUT2D eigenvalue weighted by Gasteiger charge is -2.31. The summed E-state index contributed by atoms with van der Waals surface area (Å²) in [6.07, 6.45) is 1.27. The van der Waals surface area contributed by atoms with Crippen LogP contribution in [0.5, 0.6) is 0 Å². The largest absolute Gasteiger partial charge is 0.337 e. The molecule has 1 saturated heterocycles. The number of nitrogens with zero attached hydrogens (tertiary/aromatic N) is 2. The zero-order valence-corrected chi connectivity index (χ0v) is 14.4. The van der Waals surface area contributed by atoms with Crippen molar-refractivity contribution < 1.29 is 9.59 Å². The van der Waals surface area contributed by atoms with E-state index in [9.17, 15) is 9.59 Å². The van der Waals surface area contributed by atoms with Gasteiger partial charge in [0.1, 0.15) is 10.8 Å². The molecule has 0 atom stereocenters. The monoisotopic (exact) mass is 362 g/mol. The highest BCUT2D eigenvalue weighted by Crippen LogP contribution is 2.25. The van der Waals surface area contributed by atoms with Crippen LogP contribution < -0.4 is 0 Å². The van der Waals surface area contributed by atoms with E-state index in [1.165, 1.54) is 0 Å². The second-order valence-corrected chi connectivity index (χ2v) is 6.56. The van der Waals surface area contributed by atoms with Crippen LogP contribution in [-0.4, -0.2) is 34.7 Å². The van der Waals surface area contributed by atoms with Gasteiger partial charge in [0.2, 0.25) is 0 Å². The molecule has 1 amide bonds. The molecule has 0 N–H and O–H groups in total. The summed E-state index contributed by atoms with van der Waals surface area (Å²) >= 11 is 11.9. The number of Topliss-reactive ketones (excluding diaryl/α,β-unsaturated/α-hetero) is 1. The average Bonchev–Trinajstić information content (AvgIpc) is 2.63. The predicted octanol–water partition coefficient (Wildman–Crippen LogP) is 4.12. The van der Waals surface area contributed by atoms with Gasteiger partial charge in [-0.2, -0.15) is 0 Å². The van der Waals surface area contributed by atoms with Crippen LogP contribution in [-0.2, 0) is 0 Å². The SMILES string of the molecule is O=C(c1ccccc1)C1CCN(C(=O)c2nc(Cl)ccc2Cl)CC1. The van der Waals surface area contributed by atoms with E-state index in [-0.39, 0.29) is 33.5 Å². The van der Waals surface area contributed by atoms with E-state index >= 15 is 0 Å². The van der Waals surface area contributed by atoms with E-state index in [2.05, 4.69) is 4.98 Å². The highest BCUT2D eigenvalue weighted by molar-refractivity contribution is 6.34. The number of rotatable bonds is 3. The van der Waals surface area contributed by atoms with Gasteiger partial charge in [-0.1, -0.05) is 53.5 Å². The number of benzene rings is 1. The lowest BCUT2D eigenvalue weighted by Crippen LogP contribution is -2.40. The van der Waals surface area contributed by atoms with Crippen LogP contribution >= 0.6 is 23.2 Å². The molecule has 2 aromatic rings. The summed E-state index contributed by atoms with van der Waals surface area (Å²) in [6, 6.07) is 12.4. The van der Waals surface area contributed by atoms with E-state index in [1.807, 2.05) is 30.3 Å². The summed E-state index contributed by atoms with van der Waals surface area (Å²) in [7, 11) is 0. The van der Waals surface area contributed by atoms with Gasteiger partial charge in [-0.15, -0.1) is 0 Å². The molecule has 3 rings (SSSR count). The van der Waals surface area contributed by atoms with E-state index in [0.717, 1.165) is 5.56 Å². The number of piperidine rings is 1. The fourth-order valence-electron chi connectivity index (χ4n) is 2.90. The van der Waals surface area contributed by atoms with Crippen molar-refractivity contribution in [1.82, 2.24) is 9.88 Å². The molecule has 0 saturated carbocycles. The molecule has 2 heterocycles. The zero-order chi connectivity index (χ0) is 17.1. The van der Waals surface area contributed by atoms with Crippen LogP contribution in [0, 0.1) is 5.92 Å². The van der Waals surface area contributed by atoms with Crippen molar-refractivity contribution in [3.05, 3.63) is 63.9 Å². The molecule has 0 spiro atoms. The van der Waals surface area contributed by atoms with Gasteiger partial charge in [0.05, 0.1) is 5.02 Å². The molecule has 1 aromatic heterocycles. The van der Waals surface area contributed by atoms with Crippen molar-refractivity contribution in [2.24, 2.45) is 5.92 Å². The van der Waals surface area contributed by atoms with E-state index in [4.69, 9.17) is 23.2 Å². The summed E-state index contributed by atoms with van der Waals surface area (Å²) in [5.41, 5.74) is 0.888. The third kappa shape index (κ3) is 3.60. The van der Waals surface area contributed by atoms with Gasteiger partial charge < -0.3 is 4.90 Å². The molecule has 0 radical (unpaired) electrons. The number of carbonyl (C=O) groups is 2. The first kappa shape index (κ1) is 16.9. The Morgan fingerprint density at radius 2 is 1.67 bits per heavy atom. The number of amides is 1. The molecule has 4 nitrogen and oxygen atoms in total. The van der Waals surface area contributed by atoms with Gasteiger partial charge in [-0.25, -0.2) is 4.98 Å². The minimum Gasteiger partial charge on any atom is -0.337 e. The number of ketones is 1. The molecule has 1 aliphatic rings. The highest BCUT2D eigenvalue weighted by Gasteiger charge is 2.29. The third-order valence-corrected chi connectivity index (χ3v) is 4.74. The van der Waals surface area contributed by atoms with E-state index in [1.54, 1.807) is 17.0 Å². The Hall–Kier alpha value is -1.91. The van der Waals surface area contributed by atoms with Gasteiger partial charge >= 0.3 is 0 Å². The lowest BCUT2D eigenvalue weighted by atomic mass is 9.89. The number of likely N-dealkylation sites (tertiary alicyclic amines) is 1. The molecule has 0 unspecified atom stereocenters. The van der Waals surface area contributed by atoms with Crippen molar-refractivity contribution in [3.8, 4) is 0 Å². The standard InChI is InChI=1S/C18H16Cl2N2O2/c19-14-6-7-15(20)21-16(14)18(24)22-10-8-13(9-11-22)17(23)12-4-2-1-3-5-12/h1-7,13H,8-11H2. The lowest BCUT2D eigenvalue weighted by molar-refractivity contribution is 0.0646. The topological polar surface area (TPSA) is 50.3 Å². The van der Waals surface area contributed by atoms with Gasteiger partial charge in [-0.3, -0.25) is 9.59 Å². The Morgan fingerprint density at radius 3 is 2.33 bits per heavy atom. The van der Waals surface area contributed by atoms with Gasteiger partial charge in [0, 0.05) is 24.6 Å². The summed E-state index contributed by atoms with van der Waals surface area (Å²) in [6.45, 7) is 1.01. The predicted molar refractivity (Wildman–Crippen MR) is 93.7 cm³/mol. The Balaban J connectivity index is 1.66. The van der Waals surface area contributed by atoms with Crippen LogP contribution in [0.15, 0.2) is 42.5 Å². The second kappa shape index (κ2) is 7.32. The average molecular weight is 363 g/mol. The van der Waals surface area contributed by atoms with Crippen LogP contribution in [0.1, 0.15) is 33.7 Å². The Labute approximate surface area is 150 Å².